The molecule has 16 heteroatoms. The summed E-state index contributed by atoms with van der Waals surface area (Å²) in [5, 5.41) is 17.9. The third kappa shape index (κ3) is 8.76. The lowest BCUT2D eigenvalue weighted by Gasteiger charge is -2.43. The molecular weight excluding hydrogens is 631 g/mol. The van der Waals surface area contributed by atoms with E-state index in [2.05, 4.69) is 15.3 Å². The minimum atomic E-state index is -3.11. The first-order valence-electron chi connectivity index (χ1n) is 16.9. The van der Waals surface area contributed by atoms with Gasteiger partial charge in [0.15, 0.2) is 17.7 Å². The van der Waals surface area contributed by atoms with Crippen molar-refractivity contribution in [3.63, 3.8) is 0 Å². The first-order valence-corrected chi connectivity index (χ1v) is 16.9. The lowest BCUT2D eigenvalue weighted by Crippen LogP contribution is -2.61. The maximum absolute atomic E-state index is 16.4. The fourth-order valence-corrected chi connectivity index (χ4v) is 7.19. The Bertz CT molecular complexity index is 1190. The Kier molecular flexibility index (Phi) is 13.6. The van der Waals surface area contributed by atoms with E-state index in [0.29, 0.717) is 32.2 Å². The van der Waals surface area contributed by atoms with Crippen LogP contribution >= 0.6 is 0 Å². The van der Waals surface area contributed by atoms with Crippen LogP contribution < -0.4 is 11.1 Å². The van der Waals surface area contributed by atoms with Gasteiger partial charge in [-0.05, 0) is 84.7 Å². The Morgan fingerprint density at radius 2 is 1.90 bits per heavy atom. The zero-order valence-electron chi connectivity index (χ0n) is 29.5. The molecule has 0 bridgehead atoms. The van der Waals surface area contributed by atoms with E-state index in [9.17, 15) is 19.5 Å². The number of cyclic esters (lactones) is 1. The number of carbonyl (C=O) groups is 3. The van der Waals surface area contributed by atoms with Crippen molar-refractivity contribution in [1.82, 2.24) is 10.2 Å². The van der Waals surface area contributed by atoms with Crippen LogP contribution in [0.1, 0.15) is 87.0 Å². The Labute approximate surface area is 282 Å². The largest absolute Gasteiger partial charge is 0.455 e. The number of fused-ring (bicyclic) bond motifs is 1. The first-order chi connectivity index (χ1) is 22.4. The third-order valence-corrected chi connectivity index (χ3v) is 10.1. The molecule has 0 aromatic rings. The van der Waals surface area contributed by atoms with Gasteiger partial charge in [-0.1, -0.05) is 19.0 Å². The highest BCUT2D eigenvalue weighted by atomic mass is 19.1. The fourth-order valence-electron chi connectivity index (χ4n) is 7.19. The minimum absolute atomic E-state index is 0.111. The van der Waals surface area contributed by atoms with Crippen LogP contribution in [0.4, 0.5) is 9.18 Å². The van der Waals surface area contributed by atoms with E-state index >= 15 is 4.39 Å². The number of rotatable bonds is 9. The van der Waals surface area contributed by atoms with Crippen LogP contribution in [0.3, 0.4) is 0 Å². The molecule has 1 amide bonds. The Morgan fingerprint density at radius 1 is 1.21 bits per heavy atom. The number of amides is 1. The number of methoxy groups -OCH3 is 1. The molecule has 3 heterocycles. The number of aliphatic hydroxyl groups excluding tert-OH is 1. The number of nitrogens with one attached hydrogen (secondary N) is 1. The summed E-state index contributed by atoms with van der Waals surface area (Å²) >= 11 is 0. The smallest absolute Gasteiger partial charge is 0.410 e. The number of halogens is 1. The summed E-state index contributed by atoms with van der Waals surface area (Å²) in [7, 11) is 1.45. The van der Waals surface area contributed by atoms with Gasteiger partial charge in [-0.15, -0.1) is 0 Å². The summed E-state index contributed by atoms with van der Waals surface area (Å²) in [5.74, 6) is -2.64. The number of unbranched alkanes of at least 4 members (excludes halogenated alkanes) is 1. The van der Waals surface area contributed by atoms with Crippen molar-refractivity contribution in [3.8, 4) is 0 Å². The van der Waals surface area contributed by atoms with Gasteiger partial charge in [-0.2, -0.15) is 0 Å². The predicted molar refractivity (Wildman–Crippen MR) is 172 cm³/mol. The summed E-state index contributed by atoms with van der Waals surface area (Å²) in [5.41, 5.74) is 9.01. The first kappa shape index (κ1) is 39.8. The maximum Gasteiger partial charge on any atom is 0.410 e. The van der Waals surface area contributed by atoms with Crippen LogP contribution in [0.25, 0.3) is 10.4 Å². The molecule has 3 aliphatic heterocycles. The van der Waals surface area contributed by atoms with Crippen LogP contribution in [-0.2, 0) is 33.3 Å². The molecule has 0 radical (unpaired) electrons. The molecule has 4 N–H and O–H groups in total. The molecule has 3 rings (SSSR count). The lowest BCUT2D eigenvalue weighted by atomic mass is 9.83. The van der Waals surface area contributed by atoms with E-state index in [1.165, 1.54) is 7.11 Å². The fraction of sp³-hybridized carbons (Fsp3) is 0.906. The number of nitrogens with zero attached hydrogens (tertiary/aromatic N) is 4. The van der Waals surface area contributed by atoms with Crippen molar-refractivity contribution in [3.05, 3.63) is 10.4 Å². The number of nitrogens with two attached hydrogens (primary N) is 1. The van der Waals surface area contributed by atoms with Crippen LogP contribution in [0, 0.1) is 5.92 Å². The summed E-state index contributed by atoms with van der Waals surface area (Å²) in [4.78, 5) is 44.9. The van der Waals surface area contributed by atoms with Crippen LogP contribution in [0.5, 0.6) is 0 Å². The van der Waals surface area contributed by atoms with Gasteiger partial charge < -0.3 is 39.8 Å². The lowest BCUT2D eigenvalue weighted by molar-refractivity contribution is -0.282. The van der Waals surface area contributed by atoms with E-state index in [1.54, 1.807) is 32.6 Å². The summed E-state index contributed by atoms with van der Waals surface area (Å²) in [6, 6.07) is -1.70. The number of Topliss-reactive ketones (excluding diaryl/α,β-unsaturated/α-hetero) is 1. The minimum Gasteiger partial charge on any atom is -0.455 e. The molecule has 12 atom stereocenters. The van der Waals surface area contributed by atoms with Gasteiger partial charge in [0.2, 0.25) is 0 Å². The van der Waals surface area contributed by atoms with Crippen molar-refractivity contribution < 1.29 is 47.6 Å². The molecule has 0 aromatic carbocycles. The second kappa shape index (κ2) is 16.4. The second-order valence-electron chi connectivity index (χ2n) is 14.1. The second-order valence-corrected chi connectivity index (χ2v) is 14.1. The van der Waals surface area contributed by atoms with E-state index in [4.69, 9.17) is 34.9 Å². The van der Waals surface area contributed by atoms with Crippen molar-refractivity contribution in [2.24, 2.45) is 16.8 Å². The highest BCUT2D eigenvalue weighted by Gasteiger charge is 2.59. The molecule has 0 aliphatic carbocycles. The zero-order chi connectivity index (χ0) is 36.0. The maximum atomic E-state index is 16.4. The van der Waals surface area contributed by atoms with Crippen LogP contribution in [0.15, 0.2) is 5.11 Å². The van der Waals surface area contributed by atoms with Gasteiger partial charge in [-0.25, -0.2) is 14.0 Å². The molecule has 0 saturated carbocycles. The number of azide groups is 1. The predicted octanol–water partition coefficient (Wildman–Crippen LogP) is 3.30. The van der Waals surface area contributed by atoms with E-state index < -0.39 is 83.9 Å². The van der Waals surface area contributed by atoms with Gasteiger partial charge in [0, 0.05) is 43.6 Å². The normalized spacial score (nSPS) is 41.8. The molecule has 3 fully saturated rings. The van der Waals surface area contributed by atoms with Gasteiger partial charge in [0.1, 0.15) is 12.2 Å². The highest BCUT2D eigenvalue weighted by Crippen LogP contribution is 2.40. The van der Waals surface area contributed by atoms with Crippen molar-refractivity contribution in [2.45, 2.75) is 153 Å². The molecule has 0 aromatic heterocycles. The number of hydrogen-bond donors (Lipinski definition) is 3. The molecule has 3 aliphatic rings. The standard InChI is InChI=1S/C32H55FN6O9/c1-9-23-32(7)26(39(29(43)48-32)13-11-10-12-37-38-35)20(4)36-17-18(2)16-30(5,44-8)24(15-22(40)31(6,33)28(42)47-23)46-27-25(41)21(34)14-19(3)45-27/h18-21,23-27,36,41H,9-17,34H2,1-8H3/t18-,19?,20-,21?,23-,24-,25?,26-,27+,30-,31-,32-/m1/s1. The van der Waals surface area contributed by atoms with Gasteiger partial charge in [-0.3, -0.25) is 9.69 Å². The molecule has 48 heavy (non-hydrogen) atoms. The van der Waals surface area contributed by atoms with Crippen molar-refractivity contribution >= 4 is 17.8 Å². The molecule has 3 unspecified atom stereocenters. The van der Waals surface area contributed by atoms with Gasteiger partial charge in [0.25, 0.3) is 5.67 Å². The van der Waals surface area contributed by atoms with Crippen LogP contribution in [-0.4, -0.2) is 120 Å². The molecule has 0 spiro atoms. The number of alkyl halides is 1. The van der Waals surface area contributed by atoms with Crippen LogP contribution in [0.2, 0.25) is 0 Å². The Balaban J connectivity index is 2.01. The SMILES string of the molecule is CC[C@H]1OC(=O)[C@](C)(F)C(=O)C[C@@H](O[C@@H]2OC(C)CC(N)C2O)[C@](C)(OC)C[C@@H](C)CN[C@H](C)[C@H]2N(CCCCN=[N+]=[N-])C(=O)O[C@]12C. The number of ketones is 1. The number of esters is 1. The topological polar surface area (TPSA) is 208 Å². The number of hydrogen-bond acceptors (Lipinski definition) is 12. The summed E-state index contributed by atoms with van der Waals surface area (Å²) in [6.45, 7) is 12.6. The van der Waals surface area contributed by atoms with E-state index in [0.717, 1.165) is 6.92 Å². The Morgan fingerprint density at radius 3 is 2.52 bits per heavy atom. The van der Waals surface area contributed by atoms with Crippen molar-refractivity contribution in [2.75, 3.05) is 26.7 Å². The molecule has 274 valence electrons. The third-order valence-electron chi connectivity index (χ3n) is 10.1. The average molecular weight is 687 g/mol. The molecule has 3 saturated heterocycles. The Hall–Kier alpha value is -2.59. The van der Waals surface area contributed by atoms with Crippen molar-refractivity contribution in [1.29, 1.82) is 0 Å². The quantitative estimate of drug-likeness (QED) is 0.0801. The van der Waals surface area contributed by atoms with E-state index in [1.807, 2.05) is 13.8 Å². The molecule has 15 nitrogen and oxygen atoms in total. The van der Waals surface area contributed by atoms with E-state index in [-0.39, 0.29) is 31.5 Å². The number of ether oxygens (including phenoxy) is 5. The zero-order valence-corrected chi connectivity index (χ0v) is 29.5. The van der Waals surface area contributed by atoms with Gasteiger partial charge in [0.05, 0.1) is 23.9 Å². The number of aliphatic hydroxyl groups is 1. The monoisotopic (exact) mass is 686 g/mol. The number of carbonyl (C=O) groups excluding carboxylic acids is 3. The molecular formula is C32H55FN6O9. The highest BCUT2D eigenvalue weighted by molar-refractivity contribution is 6.07. The summed E-state index contributed by atoms with van der Waals surface area (Å²) < 4.78 is 46.1. The van der Waals surface area contributed by atoms with Gasteiger partial charge >= 0.3 is 12.1 Å². The average Bonchev–Trinajstić information content (AvgIpc) is 3.28. The summed E-state index contributed by atoms with van der Waals surface area (Å²) in [6.07, 6.45) is -4.33.